The molecule has 3 heterocycles. The van der Waals surface area contributed by atoms with E-state index in [1.54, 1.807) is 23.1 Å². The van der Waals surface area contributed by atoms with Crippen molar-refractivity contribution in [2.24, 2.45) is 0 Å². The van der Waals surface area contributed by atoms with Gasteiger partial charge in [0.05, 0.1) is 15.6 Å². The van der Waals surface area contributed by atoms with E-state index in [1.165, 1.54) is 0 Å². The van der Waals surface area contributed by atoms with Crippen molar-refractivity contribution >= 4 is 58.1 Å². The van der Waals surface area contributed by atoms with Crippen LogP contribution in [-0.4, -0.2) is 51.1 Å². The first-order chi connectivity index (χ1) is 15.3. The second kappa shape index (κ2) is 9.33. The van der Waals surface area contributed by atoms with Gasteiger partial charge in [0.15, 0.2) is 0 Å². The van der Waals surface area contributed by atoms with Crippen LogP contribution in [0.4, 0.5) is 4.79 Å². The minimum atomic E-state index is -0.431. The number of thioether (sulfide) groups is 1. The number of aromatic nitrogens is 1. The van der Waals surface area contributed by atoms with E-state index in [9.17, 15) is 14.4 Å². The van der Waals surface area contributed by atoms with E-state index in [4.69, 9.17) is 23.2 Å². The molecule has 9 heteroatoms. The molecule has 1 aromatic carbocycles. The molecule has 4 rings (SSSR count). The molecule has 0 N–H and O–H groups in total. The number of carbonyl (C=O) groups excluding carboxylic acids is 3. The predicted octanol–water partition coefficient (Wildman–Crippen LogP) is 5.45. The van der Waals surface area contributed by atoms with Crippen LogP contribution in [0.25, 0.3) is 11.8 Å². The van der Waals surface area contributed by atoms with Crippen LogP contribution in [0.2, 0.25) is 10.0 Å². The van der Waals surface area contributed by atoms with Gasteiger partial charge in [-0.1, -0.05) is 23.2 Å². The SMILES string of the molecule is Cc1cc(/C=C2\SC(=O)N(CC(=O)N3CCCCC3)C2=O)c(C)n1-c1ccc(Cl)cc1Cl. The minimum Gasteiger partial charge on any atom is -0.341 e. The number of rotatable bonds is 4. The summed E-state index contributed by atoms with van der Waals surface area (Å²) >= 11 is 13.3. The lowest BCUT2D eigenvalue weighted by Crippen LogP contribution is -2.44. The summed E-state index contributed by atoms with van der Waals surface area (Å²) in [4.78, 5) is 41.0. The van der Waals surface area contributed by atoms with E-state index >= 15 is 0 Å². The van der Waals surface area contributed by atoms with Crippen LogP contribution in [0.3, 0.4) is 0 Å². The Labute approximate surface area is 201 Å². The maximum Gasteiger partial charge on any atom is 0.294 e. The number of carbonyl (C=O) groups is 3. The highest BCUT2D eigenvalue weighted by atomic mass is 35.5. The number of hydrogen-bond acceptors (Lipinski definition) is 4. The van der Waals surface area contributed by atoms with Crippen molar-refractivity contribution in [3.8, 4) is 5.69 Å². The molecule has 0 saturated carbocycles. The van der Waals surface area contributed by atoms with Gasteiger partial charge in [-0.2, -0.15) is 0 Å². The Bertz CT molecular complexity index is 1140. The minimum absolute atomic E-state index is 0.177. The van der Waals surface area contributed by atoms with Crippen LogP contribution < -0.4 is 0 Å². The normalized spacial score (nSPS) is 18.2. The smallest absolute Gasteiger partial charge is 0.294 e. The van der Waals surface area contributed by atoms with E-state index in [0.717, 1.165) is 58.6 Å². The van der Waals surface area contributed by atoms with Gasteiger partial charge < -0.3 is 9.47 Å². The lowest BCUT2D eigenvalue weighted by atomic mass is 10.1. The van der Waals surface area contributed by atoms with Gasteiger partial charge in [-0.3, -0.25) is 19.3 Å². The summed E-state index contributed by atoms with van der Waals surface area (Å²) in [5.41, 5.74) is 3.40. The summed E-state index contributed by atoms with van der Waals surface area (Å²) in [5.74, 6) is -0.608. The molecule has 6 nitrogen and oxygen atoms in total. The molecule has 2 saturated heterocycles. The molecule has 0 unspecified atom stereocenters. The van der Waals surface area contributed by atoms with Gasteiger partial charge in [0.1, 0.15) is 6.54 Å². The zero-order valence-corrected chi connectivity index (χ0v) is 20.2. The van der Waals surface area contributed by atoms with Gasteiger partial charge >= 0.3 is 0 Å². The Hall–Kier alpha value is -2.22. The zero-order valence-electron chi connectivity index (χ0n) is 17.9. The number of imide groups is 1. The average molecular weight is 492 g/mol. The van der Waals surface area contributed by atoms with Gasteiger partial charge in [0.25, 0.3) is 11.1 Å². The maximum absolute atomic E-state index is 12.9. The van der Waals surface area contributed by atoms with Gasteiger partial charge in [-0.25, -0.2) is 0 Å². The Balaban J connectivity index is 1.57. The number of amides is 3. The third kappa shape index (κ3) is 4.47. The van der Waals surface area contributed by atoms with Gasteiger partial charge in [0, 0.05) is 29.5 Å². The van der Waals surface area contributed by atoms with Crippen LogP contribution in [0.1, 0.15) is 36.2 Å². The van der Waals surface area contributed by atoms with E-state index in [2.05, 4.69) is 0 Å². The molecule has 2 aromatic rings. The first-order valence-corrected chi connectivity index (χ1v) is 12.0. The van der Waals surface area contributed by atoms with Crippen LogP contribution in [0.5, 0.6) is 0 Å². The van der Waals surface area contributed by atoms with Crippen molar-refractivity contribution in [2.45, 2.75) is 33.1 Å². The number of aryl methyl sites for hydroxylation is 1. The highest BCUT2D eigenvalue weighted by Gasteiger charge is 2.37. The summed E-state index contributed by atoms with van der Waals surface area (Å²) in [5, 5.41) is 0.651. The molecule has 0 bridgehead atoms. The molecule has 0 spiro atoms. The number of halogens is 2. The second-order valence-corrected chi connectivity index (χ2v) is 9.80. The third-order valence-corrected chi connectivity index (χ3v) is 7.23. The monoisotopic (exact) mass is 491 g/mol. The van der Waals surface area contributed by atoms with Gasteiger partial charge in [-0.15, -0.1) is 0 Å². The van der Waals surface area contributed by atoms with Crippen molar-refractivity contribution in [1.82, 2.24) is 14.4 Å². The number of hydrogen-bond donors (Lipinski definition) is 0. The fraction of sp³-hybridized carbons (Fsp3) is 0.348. The highest BCUT2D eigenvalue weighted by molar-refractivity contribution is 8.18. The molecule has 1 aromatic heterocycles. The number of nitrogens with zero attached hydrogens (tertiary/aromatic N) is 3. The number of likely N-dealkylation sites (tertiary alicyclic amines) is 1. The van der Waals surface area contributed by atoms with Crippen molar-refractivity contribution in [3.63, 3.8) is 0 Å². The Morgan fingerprint density at radius 2 is 1.81 bits per heavy atom. The van der Waals surface area contributed by atoms with Crippen LogP contribution in [0.15, 0.2) is 29.2 Å². The van der Waals surface area contributed by atoms with Crippen LogP contribution >= 0.6 is 35.0 Å². The first-order valence-electron chi connectivity index (χ1n) is 10.4. The first kappa shape index (κ1) is 23.0. The third-order valence-electron chi connectivity index (χ3n) is 5.78. The molecule has 2 fully saturated rings. The van der Waals surface area contributed by atoms with E-state index in [0.29, 0.717) is 28.0 Å². The van der Waals surface area contributed by atoms with Crippen molar-refractivity contribution in [2.75, 3.05) is 19.6 Å². The molecule has 32 heavy (non-hydrogen) atoms. The second-order valence-electron chi connectivity index (χ2n) is 7.97. The van der Waals surface area contributed by atoms with Gasteiger partial charge in [-0.05, 0) is 80.8 Å². The summed E-state index contributed by atoms with van der Waals surface area (Å²) in [7, 11) is 0. The number of piperidine rings is 1. The molecule has 0 atom stereocenters. The average Bonchev–Trinajstić information content (AvgIpc) is 3.18. The van der Waals surface area contributed by atoms with E-state index in [-0.39, 0.29) is 12.5 Å². The maximum atomic E-state index is 12.9. The van der Waals surface area contributed by atoms with Gasteiger partial charge in [0.2, 0.25) is 5.91 Å². The predicted molar refractivity (Wildman–Crippen MR) is 128 cm³/mol. The standard InChI is InChI=1S/C23H23Cl2N3O3S/c1-14-10-16(15(2)28(14)19-7-6-17(24)12-18(19)25)11-20-22(30)27(23(31)32-20)13-21(29)26-8-4-3-5-9-26/h6-7,10-12H,3-5,8-9,13H2,1-2H3/b20-11-. The van der Waals surface area contributed by atoms with Crippen molar-refractivity contribution in [1.29, 1.82) is 0 Å². The topological polar surface area (TPSA) is 62.6 Å². The van der Waals surface area contributed by atoms with Crippen LogP contribution in [-0.2, 0) is 9.59 Å². The lowest BCUT2D eigenvalue weighted by molar-refractivity contribution is -0.136. The lowest BCUT2D eigenvalue weighted by Gasteiger charge is -2.27. The summed E-state index contributed by atoms with van der Waals surface area (Å²) < 4.78 is 1.98. The molecule has 0 radical (unpaired) electrons. The molecule has 168 valence electrons. The largest absolute Gasteiger partial charge is 0.341 e. The number of benzene rings is 1. The van der Waals surface area contributed by atoms with Crippen molar-refractivity contribution in [3.05, 3.63) is 56.2 Å². The zero-order chi connectivity index (χ0) is 23.0. The van der Waals surface area contributed by atoms with Crippen molar-refractivity contribution < 1.29 is 14.4 Å². The Kier molecular flexibility index (Phi) is 6.70. The summed E-state index contributed by atoms with van der Waals surface area (Å²) in [6, 6.07) is 7.23. The molecule has 2 aliphatic heterocycles. The molecule has 0 aliphatic carbocycles. The van der Waals surface area contributed by atoms with Crippen LogP contribution in [0, 0.1) is 13.8 Å². The molecule has 2 aliphatic rings. The fourth-order valence-corrected chi connectivity index (χ4v) is 5.45. The highest BCUT2D eigenvalue weighted by Crippen LogP contribution is 2.35. The molecule has 3 amide bonds. The summed E-state index contributed by atoms with van der Waals surface area (Å²) in [6.45, 7) is 5.03. The Morgan fingerprint density at radius 1 is 1.09 bits per heavy atom. The van der Waals surface area contributed by atoms with E-state index in [1.807, 2.05) is 30.5 Å². The Morgan fingerprint density at radius 3 is 2.50 bits per heavy atom. The van der Waals surface area contributed by atoms with E-state index < -0.39 is 11.1 Å². The fourth-order valence-electron chi connectivity index (χ4n) is 4.12. The molecular formula is C23H23Cl2N3O3S. The molecular weight excluding hydrogens is 469 g/mol. The quantitative estimate of drug-likeness (QED) is 0.533. The summed E-state index contributed by atoms with van der Waals surface area (Å²) in [6.07, 6.45) is 4.73.